The Balaban J connectivity index is 2.26. The first kappa shape index (κ1) is 14.0. The topological polar surface area (TPSA) is 60.9 Å². The van der Waals surface area contributed by atoms with Gasteiger partial charge >= 0.3 is 0 Å². The maximum Gasteiger partial charge on any atom is 0.274 e. The van der Waals surface area contributed by atoms with E-state index in [4.69, 9.17) is 5.73 Å². The molecule has 0 fully saturated rings. The highest BCUT2D eigenvalue weighted by Gasteiger charge is 2.13. The SMILES string of the molecule is CCC(N)Cn1nc(-c2cccs2)c2ccccc2c1=O. The van der Waals surface area contributed by atoms with Crippen molar-refractivity contribution in [3.05, 3.63) is 52.1 Å². The lowest BCUT2D eigenvalue weighted by Crippen LogP contribution is -2.33. The van der Waals surface area contributed by atoms with Crippen molar-refractivity contribution in [1.29, 1.82) is 0 Å². The van der Waals surface area contributed by atoms with Crippen molar-refractivity contribution in [3.8, 4) is 10.6 Å². The van der Waals surface area contributed by atoms with Crippen molar-refractivity contribution in [1.82, 2.24) is 9.78 Å². The van der Waals surface area contributed by atoms with Gasteiger partial charge in [0.2, 0.25) is 0 Å². The highest BCUT2D eigenvalue weighted by atomic mass is 32.1. The summed E-state index contributed by atoms with van der Waals surface area (Å²) in [5.41, 5.74) is 6.77. The predicted molar refractivity (Wildman–Crippen MR) is 87.6 cm³/mol. The summed E-state index contributed by atoms with van der Waals surface area (Å²) in [5, 5.41) is 8.17. The number of fused-ring (bicyclic) bond motifs is 1. The summed E-state index contributed by atoms with van der Waals surface area (Å²) >= 11 is 1.62. The van der Waals surface area contributed by atoms with Crippen molar-refractivity contribution >= 4 is 22.1 Å². The van der Waals surface area contributed by atoms with Crippen LogP contribution in [0.1, 0.15) is 13.3 Å². The molecule has 3 aromatic rings. The van der Waals surface area contributed by atoms with E-state index in [2.05, 4.69) is 5.10 Å². The van der Waals surface area contributed by atoms with Crippen LogP contribution >= 0.6 is 11.3 Å². The Kier molecular flexibility index (Phi) is 3.86. The molecule has 0 aliphatic carbocycles. The molecule has 2 N–H and O–H groups in total. The Labute approximate surface area is 126 Å². The summed E-state index contributed by atoms with van der Waals surface area (Å²) in [6.45, 7) is 2.45. The van der Waals surface area contributed by atoms with Gasteiger partial charge in [-0.05, 0) is 23.9 Å². The van der Waals surface area contributed by atoms with Gasteiger partial charge in [-0.25, -0.2) is 4.68 Å². The van der Waals surface area contributed by atoms with E-state index in [0.29, 0.717) is 11.9 Å². The average Bonchev–Trinajstić information content (AvgIpc) is 3.04. The minimum Gasteiger partial charge on any atom is -0.326 e. The number of nitrogens with zero attached hydrogens (tertiary/aromatic N) is 2. The molecule has 21 heavy (non-hydrogen) atoms. The number of benzene rings is 1. The molecule has 0 bridgehead atoms. The Hall–Kier alpha value is -1.98. The first-order chi connectivity index (χ1) is 10.2. The highest BCUT2D eigenvalue weighted by molar-refractivity contribution is 7.13. The van der Waals surface area contributed by atoms with Gasteiger partial charge in [0.15, 0.2) is 0 Å². The van der Waals surface area contributed by atoms with Crippen molar-refractivity contribution in [3.63, 3.8) is 0 Å². The Morgan fingerprint density at radius 3 is 2.67 bits per heavy atom. The van der Waals surface area contributed by atoms with E-state index in [1.54, 1.807) is 11.3 Å². The Bertz CT molecular complexity index is 808. The summed E-state index contributed by atoms with van der Waals surface area (Å²) in [7, 11) is 0. The van der Waals surface area contributed by atoms with Gasteiger partial charge in [0, 0.05) is 11.4 Å². The van der Waals surface area contributed by atoms with Crippen molar-refractivity contribution < 1.29 is 0 Å². The highest BCUT2D eigenvalue weighted by Crippen LogP contribution is 2.28. The molecule has 3 rings (SSSR count). The second-order valence-electron chi connectivity index (χ2n) is 5.03. The number of hydrogen-bond donors (Lipinski definition) is 1. The van der Waals surface area contributed by atoms with E-state index < -0.39 is 0 Å². The predicted octanol–water partition coefficient (Wildman–Crippen LogP) is 2.86. The third kappa shape index (κ3) is 2.62. The number of rotatable bonds is 4. The number of aromatic nitrogens is 2. The lowest BCUT2D eigenvalue weighted by molar-refractivity contribution is 0.485. The zero-order valence-electron chi connectivity index (χ0n) is 11.8. The van der Waals surface area contributed by atoms with Gasteiger partial charge in [-0.15, -0.1) is 11.3 Å². The Morgan fingerprint density at radius 1 is 1.24 bits per heavy atom. The molecule has 0 spiro atoms. The van der Waals surface area contributed by atoms with E-state index in [1.165, 1.54) is 4.68 Å². The molecule has 5 heteroatoms. The molecule has 0 amide bonds. The zero-order chi connectivity index (χ0) is 14.8. The third-order valence-electron chi connectivity index (χ3n) is 3.55. The van der Waals surface area contributed by atoms with Crippen molar-refractivity contribution in [2.24, 2.45) is 5.73 Å². The van der Waals surface area contributed by atoms with E-state index in [9.17, 15) is 4.79 Å². The second kappa shape index (κ2) is 5.79. The van der Waals surface area contributed by atoms with Crippen LogP contribution in [0.2, 0.25) is 0 Å². The minimum atomic E-state index is -0.0743. The molecular weight excluding hydrogens is 282 g/mol. The number of hydrogen-bond acceptors (Lipinski definition) is 4. The standard InChI is InChI=1S/C16H17N3OS/c1-2-11(17)10-19-16(20)13-7-4-3-6-12(13)15(18-19)14-8-5-9-21-14/h3-9,11H,2,10,17H2,1H3. The summed E-state index contributed by atoms with van der Waals surface area (Å²) in [6, 6.07) is 11.6. The maximum absolute atomic E-state index is 12.5. The van der Waals surface area contributed by atoms with E-state index in [0.717, 1.165) is 22.4 Å². The fourth-order valence-electron chi connectivity index (χ4n) is 2.31. The molecule has 4 nitrogen and oxygen atoms in total. The molecule has 0 aliphatic rings. The van der Waals surface area contributed by atoms with Gasteiger partial charge in [-0.1, -0.05) is 31.2 Å². The molecule has 0 aliphatic heterocycles. The molecule has 108 valence electrons. The van der Waals surface area contributed by atoms with Gasteiger partial charge in [0.1, 0.15) is 5.69 Å². The molecule has 2 aromatic heterocycles. The molecule has 2 heterocycles. The summed E-state index contributed by atoms with van der Waals surface area (Å²) < 4.78 is 1.51. The molecule has 0 saturated carbocycles. The third-order valence-corrected chi connectivity index (χ3v) is 4.43. The second-order valence-corrected chi connectivity index (χ2v) is 5.97. The monoisotopic (exact) mass is 299 g/mol. The number of nitrogens with two attached hydrogens (primary N) is 1. The van der Waals surface area contributed by atoms with Gasteiger partial charge in [0.25, 0.3) is 5.56 Å². The quantitative estimate of drug-likeness (QED) is 0.806. The molecule has 1 unspecified atom stereocenters. The largest absolute Gasteiger partial charge is 0.326 e. The molecular formula is C16H17N3OS. The van der Waals surface area contributed by atoms with Crippen LogP contribution in [0.25, 0.3) is 21.3 Å². The fraction of sp³-hybridized carbons (Fsp3) is 0.250. The van der Waals surface area contributed by atoms with Gasteiger partial charge in [0.05, 0.1) is 16.8 Å². The van der Waals surface area contributed by atoms with Gasteiger partial charge in [-0.2, -0.15) is 5.10 Å². The van der Waals surface area contributed by atoms with Crippen LogP contribution in [0.4, 0.5) is 0 Å². The van der Waals surface area contributed by atoms with Crippen molar-refractivity contribution in [2.45, 2.75) is 25.9 Å². The van der Waals surface area contributed by atoms with Crippen LogP contribution in [0.3, 0.4) is 0 Å². The maximum atomic E-state index is 12.5. The fourth-order valence-corrected chi connectivity index (χ4v) is 3.03. The first-order valence-electron chi connectivity index (χ1n) is 7.00. The van der Waals surface area contributed by atoms with Gasteiger partial charge in [-0.3, -0.25) is 4.79 Å². The summed E-state index contributed by atoms with van der Waals surface area (Å²) in [6.07, 6.45) is 0.815. The number of thiophene rings is 1. The summed E-state index contributed by atoms with van der Waals surface area (Å²) in [4.78, 5) is 13.6. The Morgan fingerprint density at radius 2 is 2.00 bits per heavy atom. The normalized spacial score (nSPS) is 12.7. The van der Waals surface area contributed by atoms with E-state index in [1.807, 2.05) is 48.7 Å². The van der Waals surface area contributed by atoms with E-state index >= 15 is 0 Å². The minimum absolute atomic E-state index is 0.0625. The van der Waals surface area contributed by atoms with Crippen LogP contribution in [-0.2, 0) is 6.54 Å². The lowest BCUT2D eigenvalue weighted by Gasteiger charge is -2.13. The molecule has 0 radical (unpaired) electrons. The smallest absolute Gasteiger partial charge is 0.274 e. The van der Waals surface area contributed by atoms with Crippen molar-refractivity contribution in [2.75, 3.05) is 0 Å². The zero-order valence-corrected chi connectivity index (χ0v) is 12.6. The van der Waals surface area contributed by atoms with Crippen LogP contribution < -0.4 is 11.3 Å². The van der Waals surface area contributed by atoms with E-state index in [-0.39, 0.29) is 11.6 Å². The first-order valence-corrected chi connectivity index (χ1v) is 7.88. The molecule has 0 saturated heterocycles. The lowest BCUT2D eigenvalue weighted by atomic mass is 10.1. The van der Waals surface area contributed by atoms with Crippen LogP contribution in [0, 0.1) is 0 Å². The van der Waals surface area contributed by atoms with Crippen LogP contribution in [0.15, 0.2) is 46.6 Å². The van der Waals surface area contributed by atoms with Crippen LogP contribution in [-0.4, -0.2) is 15.8 Å². The average molecular weight is 299 g/mol. The molecule has 1 atom stereocenters. The van der Waals surface area contributed by atoms with Gasteiger partial charge < -0.3 is 5.73 Å². The summed E-state index contributed by atoms with van der Waals surface area (Å²) in [5.74, 6) is 0. The molecule has 1 aromatic carbocycles. The van der Waals surface area contributed by atoms with Crippen LogP contribution in [0.5, 0.6) is 0 Å².